The molecule has 0 radical (unpaired) electrons. The maximum Gasteiger partial charge on any atom is 0.335 e. The largest absolute Gasteiger partial charge is 0.478 e. The third kappa shape index (κ3) is 4.97. The van der Waals surface area contributed by atoms with Crippen molar-refractivity contribution in [2.45, 2.75) is 0 Å². The molecule has 25 heavy (non-hydrogen) atoms. The van der Waals surface area contributed by atoms with Gasteiger partial charge in [-0.25, -0.2) is 9.59 Å². The van der Waals surface area contributed by atoms with Gasteiger partial charge in [-0.05, 0) is 48.5 Å². The van der Waals surface area contributed by atoms with Crippen LogP contribution in [-0.4, -0.2) is 28.0 Å². The van der Waals surface area contributed by atoms with Gasteiger partial charge in [-0.2, -0.15) is 5.26 Å². The van der Waals surface area contributed by atoms with Crippen molar-refractivity contribution in [2.24, 2.45) is 15.3 Å². The van der Waals surface area contributed by atoms with E-state index in [2.05, 4.69) is 20.8 Å². The summed E-state index contributed by atoms with van der Waals surface area (Å²) in [6.45, 7) is 0. The molecule has 0 saturated heterocycles. The van der Waals surface area contributed by atoms with Crippen LogP contribution in [0.15, 0.2) is 63.9 Å². The Balaban J connectivity index is 2.05. The van der Waals surface area contributed by atoms with Crippen LogP contribution in [0.3, 0.4) is 0 Å². The number of nitrogens with zero attached hydrogens (tertiary/aromatic N) is 4. The highest BCUT2D eigenvalue weighted by Crippen LogP contribution is 2.14. The number of hydrogen-bond donors (Lipinski definition) is 3. The molecule has 0 saturated carbocycles. The van der Waals surface area contributed by atoms with Crippen molar-refractivity contribution in [1.82, 2.24) is 0 Å². The first-order valence-corrected chi connectivity index (χ1v) is 6.82. The fraction of sp³-hybridized carbons (Fsp3) is 0. The van der Waals surface area contributed by atoms with Crippen molar-refractivity contribution in [3.8, 4) is 6.07 Å². The first-order chi connectivity index (χ1) is 12.0. The zero-order valence-electron chi connectivity index (χ0n) is 12.6. The summed E-state index contributed by atoms with van der Waals surface area (Å²) >= 11 is 0. The molecule has 0 aliphatic carbocycles. The Morgan fingerprint density at radius 1 is 0.920 bits per heavy atom. The summed E-state index contributed by atoms with van der Waals surface area (Å²) in [6.07, 6.45) is 0. The number of carboxylic acids is 2. The molecule has 0 fully saturated rings. The molecule has 3 N–H and O–H groups in total. The average molecular weight is 337 g/mol. The van der Waals surface area contributed by atoms with Crippen LogP contribution in [-0.2, 0) is 0 Å². The first-order valence-electron chi connectivity index (χ1n) is 6.82. The normalized spacial score (nSPS) is 11.1. The van der Waals surface area contributed by atoms with Gasteiger partial charge in [0.2, 0.25) is 0 Å². The molecule has 0 bridgehead atoms. The number of nitriles is 1. The SMILES string of the molecule is N#CC(N=Nc1ccc(C(=O)O)cc1)=NNc1ccc(C(=O)O)cc1. The smallest absolute Gasteiger partial charge is 0.335 e. The monoisotopic (exact) mass is 337 g/mol. The lowest BCUT2D eigenvalue weighted by Gasteiger charge is -2.00. The number of anilines is 1. The summed E-state index contributed by atoms with van der Waals surface area (Å²) in [4.78, 5) is 21.5. The van der Waals surface area contributed by atoms with Gasteiger partial charge in [0.15, 0.2) is 0 Å². The molecule has 2 aromatic carbocycles. The van der Waals surface area contributed by atoms with Crippen LogP contribution >= 0.6 is 0 Å². The minimum Gasteiger partial charge on any atom is -0.478 e. The second kappa shape index (κ2) is 7.98. The van der Waals surface area contributed by atoms with E-state index >= 15 is 0 Å². The minimum atomic E-state index is -1.05. The molecule has 9 heteroatoms. The highest BCUT2D eigenvalue weighted by atomic mass is 16.4. The minimum absolute atomic E-state index is 0.111. The van der Waals surface area contributed by atoms with E-state index < -0.39 is 11.9 Å². The average Bonchev–Trinajstić information content (AvgIpc) is 2.62. The highest BCUT2D eigenvalue weighted by molar-refractivity contribution is 5.97. The predicted molar refractivity (Wildman–Crippen MR) is 88.0 cm³/mol. The van der Waals surface area contributed by atoms with Crippen molar-refractivity contribution >= 4 is 29.1 Å². The maximum absolute atomic E-state index is 10.8. The van der Waals surface area contributed by atoms with Gasteiger partial charge < -0.3 is 10.2 Å². The summed E-state index contributed by atoms with van der Waals surface area (Å²) in [5, 5.41) is 37.8. The summed E-state index contributed by atoms with van der Waals surface area (Å²) in [5.41, 5.74) is 3.63. The Labute approximate surface area is 141 Å². The van der Waals surface area contributed by atoms with Gasteiger partial charge in [0.25, 0.3) is 5.84 Å². The Bertz CT molecular complexity index is 880. The topological polar surface area (TPSA) is 148 Å². The van der Waals surface area contributed by atoms with Crippen molar-refractivity contribution in [2.75, 3.05) is 5.43 Å². The van der Waals surface area contributed by atoms with Gasteiger partial charge in [-0.3, -0.25) is 5.43 Å². The standard InChI is InChI=1S/C16H11N5O4/c17-9-14(20-18-12-5-1-10(2-6-12)15(22)23)21-19-13-7-3-11(4-8-13)16(24)25/h1-8,18H,(H,22,23)(H,24,25). The van der Waals surface area contributed by atoms with Crippen LogP contribution < -0.4 is 5.43 Å². The summed E-state index contributed by atoms with van der Waals surface area (Å²) in [7, 11) is 0. The lowest BCUT2D eigenvalue weighted by atomic mass is 10.2. The van der Waals surface area contributed by atoms with E-state index in [0.29, 0.717) is 11.4 Å². The van der Waals surface area contributed by atoms with Gasteiger partial charge in [-0.1, -0.05) is 0 Å². The molecule has 0 aliphatic heterocycles. The first kappa shape index (κ1) is 17.3. The summed E-state index contributed by atoms with van der Waals surface area (Å²) in [6, 6.07) is 13.1. The van der Waals surface area contributed by atoms with Crippen LogP contribution in [0.1, 0.15) is 20.7 Å². The van der Waals surface area contributed by atoms with Gasteiger partial charge in [0, 0.05) is 0 Å². The molecule has 0 amide bonds. The zero-order chi connectivity index (χ0) is 18.2. The predicted octanol–water partition coefficient (Wildman–Crippen LogP) is 3.12. The second-order valence-electron chi connectivity index (χ2n) is 4.59. The van der Waals surface area contributed by atoms with E-state index in [0.717, 1.165) is 0 Å². The quantitative estimate of drug-likeness (QED) is 0.330. The lowest BCUT2D eigenvalue weighted by Crippen LogP contribution is -1.98. The Kier molecular flexibility index (Phi) is 5.52. The van der Waals surface area contributed by atoms with Gasteiger partial charge in [0.05, 0.1) is 22.5 Å². The van der Waals surface area contributed by atoms with Crippen molar-refractivity contribution in [1.29, 1.82) is 5.26 Å². The summed E-state index contributed by atoms with van der Waals surface area (Å²) < 4.78 is 0. The van der Waals surface area contributed by atoms with E-state index in [1.807, 2.05) is 0 Å². The zero-order valence-corrected chi connectivity index (χ0v) is 12.6. The van der Waals surface area contributed by atoms with Crippen LogP contribution in [0.2, 0.25) is 0 Å². The van der Waals surface area contributed by atoms with Crippen molar-refractivity contribution in [3.05, 3.63) is 59.7 Å². The van der Waals surface area contributed by atoms with Gasteiger partial charge in [0.1, 0.15) is 6.07 Å². The molecule has 2 aromatic rings. The number of azo groups is 1. The van der Waals surface area contributed by atoms with Crippen LogP contribution in [0.4, 0.5) is 11.4 Å². The molecule has 0 spiro atoms. The van der Waals surface area contributed by atoms with Crippen LogP contribution in [0, 0.1) is 11.3 Å². The van der Waals surface area contributed by atoms with Crippen molar-refractivity contribution < 1.29 is 19.8 Å². The third-order valence-corrected chi connectivity index (χ3v) is 2.90. The summed E-state index contributed by atoms with van der Waals surface area (Å²) in [5.74, 6) is -2.36. The number of aromatic carboxylic acids is 2. The number of hydrogen-bond acceptors (Lipinski definition) is 6. The van der Waals surface area contributed by atoms with Crippen molar-refractivity contribution in [3.63, 3.8) is 0 Å². The van der Waals surface area contributed by atoms with E-state index in [1.54, 1.807) is 6.07 Å². The van der Waals surface area contributed by atoms with E-state index in [4.69, 9.17) is 15.5 Å². The Hall–Kier alpha value is -4.06. The number of hydrazone groups is 1. The number of amidine groups is 1. The lowest BCUT2D eigenvalue weighted by molar-refractivity contribution is 0.0686. The van der Waals surface area contributed by atoms with E-state index in [1.165, 1.54) is 48.5 Å². The number of carbonyl (C=O) groups is 2. The number of nitrogens with one attached hydrogen (secondary N) is 1. The molecule has 0 heterocycles. The number of rotatable bonds is 5. The second-order valence-corrected chi connectivity index (χ2v) is 4.59. The molecule has 124 valence electrons. The highest BCUT2D eigenvalue weighted by Gasteiger charge is 2.03. The Morgan fingerprint density at radius 2 is 1.44 bits per heavy atom. The molecule has 9 nitrogen and oxygen atoms in total. The van der Waals surface area contributed by atoms with Crippen LogP contribution in [0.25, 0.3) is 0 Å². The molecule has 0 aromatic heterocycles. The molecule has 0 aliphatic rings. The Morgan fingerprint density at radius 3 is 1.92 bits per heavy atom. The fourth-order valence-corrected chi connectivity index (χ4v) is 1.65. The van der Waals surface area contributed by atoms with Gasteiger partial charge >= 0.3 is 11.9 Å². The van der Waals surface area contributed by atoms with E-state index in [9.17, 15) is 9.59 Å². The maximum atomic E-state index is 10.8. The third-order valence-electron chi connectivity index (χ3n) is 2.90. The molecule has 2 rings (SSSR count). The molecule has 0 atom stereocenters. The number of benzene rings is 2. The fourth-order valence-electron chi connectivity index (χ4n) is 1.65. The number of carboxylic acid groups (broad SMARTS) is 2. The van der Waals surface area contributed by atoms with Crippen LogP contribution in [0.5, 0.6) is 0 Å². The molecular weight excluding hydrogens is 326 g/mol. The molecular formula is C16H11N5O4. The van der Waals surface area contributed by atoms with Gasteiger partial charge in [-0.15, -0.1) is 15.3 Å². The molecule has 0 unspecified atom stereocenters. The van der Waals surface area contributed by atoms with E-state index in [-0.39, 0.29) is 17.0 Å².